The molecule has 2 rings (SSSR count). The summed E-state index contributed by atoms with van der Waals surface area (Å²) in [6.07, 6.45) is 3.30. The van der Waals surface area contributed by atoms with Crippen LogP contribution in [-0.4, -0.2) is 67.6 Å². The van der Waals surface area contributed by atoms with Gasteiger partial charge in [-0.15, -0.1) is 24.0 Å². The zero-order valence-electron chi connectivity index (χ0n) is 14.7. The summed E-state index contributed by atoms with van der Waals surface area (Å²) in [5.41, 5.74) is 0. The molecule has 1 aliphatic heterocycles. The molecule has 1 aliphatic rings. The average Bonchev–Trinajstić information content (AvgIpc) is 2.99. The topological polar surface area (TPSA) is 85.0 Å². The third-order valence-corrected chi connectivity index (χ3v) is 3.77. The van der Waals surface area contributed by atoms with Crippen molar-refractivity contribution in [3.63, 3.8) is 0 Å². The number of aliphatic imine (C=N–C) groups is 1. The number of likely N-dealkylation sites (tertiary alicyclic amines) is 1. The monoisotopic (exact) mass is 453 g/mol. The van der Waals surface area contributed by atoms with Crippen molar-refractivity contribution in [1.82, 2.24) is 20.4 Å². The van der Waals surface area contributed by atoms with Crippen molar-refractivity contribution in [1.29, 1.82) is 0 Å². The molecule has 0 unspecified atom stereocenters. The summed E-state index contributed by atoms with van der Waals surface area (Å²) in [5, 5.41) is 7.05. The zero-order valence-corrected chi connectivity index (χ0v) is 17.0. The fourth-order valence-corrected chi connectivity index (χ4v) is 2.59. The van der Waals surface area contributed by atoms with Crippen molar-refractivity contribution in [3.05, 3.63) is 11.7 Å². The molecule has 138 valence electrons. The smallest absolute Gasteiger partial charge is 0.246 e. The fraction of sp³-hybridized carbons (Fsp3) is 0.800. The Bertz CT molecular complexity index is 489. The number of hydrogen-bond acceptors (Lipinski definition) is 6. The van der Waals surface area contributed by atoms with Crippen molar-refractivity contribution in [2.45, 2.75) is 38.8 Å². The minimum absolute atomic E-state index is 0. The quantitative estimate of drug-likeness (QED) is 0.291. The Morgan fingerprint density at radius 1 is 1.38 bits per heavy atom. The number of ether oxygens (including phenoxy) is 2. The Morgan fingerprint density at radius 2 is 2.12 bits per heavy atom. The molecule has 0 amide bonds. The minimum Gasteiger partial charge on any atom is -0.385 e. The summed E-state index contributed by atoms with van der Waals surface area (Å²) < 4.78 is 16.0. The number of guanidine groups is 1. The third kappa shape index (κ3) is 6.89. The van der Waals surface area contributed by atoms with E-state index in [0.29, 0.717) is 24.4 Å². The van der Waals surface area contributed by atoms with Crippen molar-refractivity contribution < 1.29 is 14.0 Å². The standard InChI is InChI=1S/C15H27N5O3.HI/c1-12-18-14(23-19-12)11-17-15(16-2)20-7-5-13(6-8-20)22-10-4-9-21-3;/h13H,4-11H2,1-3H3,(H,16,17);1H. The highest BCUT2D eigenvalue weighted by molar-refractivity contribution is 14.0. The van der Waals surface area contributed by atoms with E-state index in [1.165, 1.54) is 0 Å². The van der Waals surface area contributed by atoms with Crippen molar-refractivity contribution in [2.75, 3.05) is 40.5 Å². The van der Waals surface area contributed by atoms with Crippen LogP contribution >= 0.6 is 24.0 Å². The van der Waals surface area contributed by atoms with Gasteiger partial charge in [-0.3, -0.25) is 4.99 Å². The zero-order chi connectivity index (χ0) is 16.5. The molecule has 0 aliphatic carbocycles. The average molecular weight is 453 g/mol. The molecule has 0 bridgehead atoms. The summed E-state index contributed by atoms with van der Waals surface area (Å²) in [7, 11) is 3.50. The van der Waals surface area contributed by atoms with E-state index in [0.717, 1.165) is 51.5 Å². The number of hydrogen-bond donors (Lipinski definition) is 1. The normalized spacial score (nSPS) is 16.1. The first kappa shape index (κ1) is 21.1. The predicted molar refractivity (Wildman–Crippen MR) is 102 cm³/mol. The molecule has 1 N–H and O–H groups in total. The molecule has 1 saturated heterocycles. The van der Waals surface area contributed by atoms with Crippen LogP contribution in [0.2, 0.25) is 0 Å². The molecule has 1 fully saturated rings. The van der Waals surface area contributed by atoms with Crippen LogP contribution in [0.3, 0.4) is 0 Å². The van der Waals surface area contributed by atoms with E-state index in [1.807, 2.05) is 0 Å². The number of aryl methyl sites for hydroxylation is 1. The second kappa shape index (κ2) is 11.6. The number of piperidine rings is 1. The lowest BCUT2D eigenvalue weighted by Crippen LogP contribution is -2.46. The summed E-state index contributed by atoms with van der Waals surface area (Å²) in [4.78, 5) is 10.7. The molecule has 1 aromatic heterocycles. The lowest BCUT2D eigenvalue weighted by Gasteiger charge is -2.34. The number of nitrogens with one attached hydrogen (secondary N) is 1. The van der Waals surface area contributed by atoms with Gasteiger partial charge in [0.25, 0.3) is 0 Å². The summed E-state index contributed by atoms with van der Waals surface area (Å²) >= 11 is 0. The largest absolute Gasteiger partial charge is 0.385 e. The highest BCUT2D eigenvalue weighted by Gasteiger charge is 2.22. The molecule has 2 heterocycles. The van der Waals surface area contributed by atoms with E-state index in [-0.39, 0.29) is 24.0 Å². The fourth-order valence-electron chi connectivity index (χ4n) is 2.59. The van der Waals surface area contributed by atoms with Gasteiger partial charge in [0.2, 0.25) is 5.89 Å². The van der Waals surface area contributed by atoms with E-state index < -0.39 is 0 Å². The van der Waals surface area contributed by atoms with Gasteiger partial charge in [-0.25, -0.2) is 0 Å². The molecule has 0 radical (unpaired) electrons. The Hall–Kier alpha value is -0.940. The van der Waals surface area contributed by atoms with Crippen LogP contribution < -0.4 is 5.32 Å². The van der Waals surface area contributed by atoms with Crippen LogP contribution in [-0.2, 0) is 16.0 Å². The van der Waals surface area contributed by atoms with Crippen LogP contribution in [0.25, 0.3) is 0 Å². The number of rotatable bonds is 7. The number of halogens is 1. The highest BCUT2D eigenvalue weighted by atomic mass is 127. The summed E-state index contributed by atoms with van der Waals surface area (Å²) in [6.45, 7) is 5.67. The molecule has 0 saturated carbocycles. The van der Waals surface area contributed by atoms with Gasteiger partial charge in [0.15, 0.2) is 11.8 Å². The van der Waals surface area contributed by atoms with Crippen LogP contribution in [0, 0.1) is 6.92 Å². The minimum atomic E-state index is 0. The van der Waals surface area contributed by atoms with Gasteiger partial charge in [-0.05, 0) is 26.2 Å². The maximum absolute atomic E-state index is 5.88. The third-order valence-electron chi connectivity index (χ3n) is 3.77. The van der Waals surface area contributed by atoms with Crippen LogP contribution in [0.4, 0.5) is 0 Å². The van der Waals surface area contributed by atoms with Gasteiger partial charge in [-0.2, -0.15) is 4.98 Å². The molecular formula is C15H28IN5O3. The van der Waals surface area contributed by atoms with Gasteiger partial charge >= 0.3 is 0 Å². The predicted octanol–water partition coefficient (Wildman–Crippen LogP) is 1.59. The second-order valence-electron chi connectivity index (χ2n) is 5.54. The van der Waals surface area contributed by atoms with Gasteiger partial charge < -0.3 is 24.2 Å². The molecule has 0 atom stereocenters. The highest BCUT2D eigenvalue weighted by Crippen LogP contribution is 2.14. The summed E-state index contributed by atoms with van der Waals surface area (Å²) in [6, 6.07) is 0. The van der Waals surface area contributed by atoms with Gasteiger partial charge in [0, 0.05) is 40.5 Å². The van der Waals surface area contributed by atoms with E-state index >= 15 is 0 Å². The van der Waals surface area contributed by atoms with E-state index in [2.05, 4.69) is 25.3 Å². The maximum atomic E-state index is 5.88. The van der Waals surface area contributed by atoms with Crippen LogP contribution in [0.15, 0.2) is 9.52 Å². The van der Waals surface area contributed by atoms with Gasteiger partial charge in [-0.1, -0.05) is 5.16 Å². The lowest BCUT2D eigenvalue weighted by molar-refractivity contribution is 0.00987. The maximum Gasteiger partial charge on any atom is 0.246 e. The van der Waals surface area contributed by atoms with Gasteiger partial charge in [0.1, 0.15) is 0 Å². The lowest BCUT2D eigenvalue weighted by atomic mass is 10.1. The first-order chi connectivity index (χ1) is 11.2. The molecule has 9 heteroatoms. The summed E-state index contributed by atoms with van der Waals surface area (Å²) in [5.74, 6) is 2.07. The van der Waals surface area contributed by atoms with E-state index in [9.17, 15) is 0 Å². The first-order valence-corrected chi connectivity index (χ1v) is 8.08. The Labute approximate surface area is 160 Å². The molecular weight excluding hydrogens is 425 g/mol. The second-order valence-corrected chi connectivity index (χ2v) is 5.54. The van der Waals surface area contributed by atoms with Crippen molar-refractivity contribution >= 4 is 29.9 Å². The van der Waals surface area contributed by atoms with E-state index in [1.54, 1.807) is 21.1 Å². The molecule has 1 aromatic rings. The van der Waals surface area contributed by atoms with E-state index in [4.69, 9.17) is 14.0 Å². The number of nitrogens with zero attached hydrogens (tertiary/aromatic N) is 4. The molecule has 8 nitrogen and oxygen atoms in total. The molecule has 0 aromatic carbocycles. The van der Waals surface area contributed by atoms with Crippen molar-refractivity contribution in [3.8, 4) is 0 Å². The van der Waals surface area contributed by atoms with Crippen LogP contribution in [0.5, 0.6) is 0 Å². The molecule has 24 heavy (non-hydrogen) atoms. The Kier molecular flexibility index (Phi) is 10.2. The molecule has 0 spiro atoms. The SMILES string of the molecule is CN=C(NCc1nc(C)no1)N1CCC(OCCCOC)CC1.I. The van der Waals surface area contributed by atoms with Gasteiger partial charge in [0.05, 0.1) is 12.6 Å². The Morgan fingerprint density at radius 3 is 2.71 bits per heavy atom. The number of aromatic nitrogens is 2. The van der Waals surface area contributed by atoms with Crippen LogP contribution in [0.1, 0.15) is 31.0 Å². The van der Waals surface area contributed by atoms with Crippen molar-refractivity contribution in [2.24, 2.45) is 4.99 Å². The number of methoxy groups -OCH3 is 1. The Balaban J connectivity index is 0.00000288. The first-order valence-electron chi connectivity index (χ1n) is 8.08.